The number of para-hydroxylation sites is 1. The lowest BCUT2D eigenvalue weighted by atomic mass is 10.0. The number of nitrogens with one attached hydrogen (secondary N) is 1. The van der Waals surface area contributed by atoms with Crippen LogP contribution in [0.2, 0.25) is 0 Å². The molecule has 0 fully saturated rings. The van der Waals surface area contributed by atoms with Crippen LogP contribution < -0.4 is 15.2 Å². The van der Waals surface area contributed by atoms with Crippen molar-refractivity contribution in [1.82, 2.24) is 0 Å². The van der Waals surface area contributed by atoms with E-state index in [2.05, 4.69) is 6.07 Å². The first-order valence-corrected chi connectivity index (χ1v) is 6.94. The number of hydrogen-bond donors (Lipinski definition) is 2. The number of amidine groups is 1. The number of benzene rings is 2. The maximum atomic E-state index is 7.50. The van der Waals surface area contributed by atoms with Gasteiger partial charge in [0.2, 0.25) is 0 Å². The second-order valence-electron chi connectivity index (χ2n) is 5.25. The highest BCUT2D eigenvalue weighted by molar-refractivity contribution is 5.95. The van der Waals surface area contributed by atoms with Crippen molar-refractivity contribution in [2.24, 2.45) is 5.73 Å². The lowest BCUT2D eigenvalue weighted by Gasteiger charge is -2.14. The van der Waals surface area contributed by atoms with Gasteiger partial charge in [0, 0.05) is 11.1 Å². The highest BCUT2D eigenvalue weighted by atomic mass is 16.5. The molecule has 4 heteroatoms. The Labute approximate surface area is 124 Å². The largest absolute Gasteiger partial charge is 0.493 e. The lowest BCUT2D eigenvalue weighted by Crippen LogP contribution is -2.14. The van der Waals surface area contributed by atoms with E-state index in [4.69, 9.17) is 20.6 Å². The van der Waals surface area contributed by atoms with Gasteiger partial charge < -0.3 is 15.2 Å². The minimum atomic E-state index is 0.0504. The van der Waals surface area contributed by atoms with E-state index in [0.29, 0.717) is 18.8 Å². The Morgan fingerprint density at radius 3 is 2.95 bits per heavy atom. The molecule has 1 heterocycles. The molecule has 0 saturated carbocycles. The van der Waals surface area contributed by atoms with Gasteiger partial charge in [-0.2, -0.15) is 0 Å². The van der Waals surface area contributed by atoms with Crippen LogP contribution in [0.25, 0.3) is 0 Å². The Hall–Kier alpha value is -2.49. The summed E-state index contributed by atoms with van der Waals surface area (Å²) in [6.07, 6.45) is 0. The fraction of sp³-hybridized carbons (Fsp3) is 0.235. The minimum Gasteiger partial charge on any atom is -0.493 e. The zero-order chi connectivity index (χ0) is 14.8. The predicted octanol–water partition coefficient (Wildman–Crippen LogP) is 2.83. The number of hydrogen-bond acceptors (Lipinski definition) is 3. The molecule has 1 aliphatic heterocycles. The van der Waals surface area contributed by atoms with Crippen LogP contribution in [0.4, 0.5) is 0 Å². The van der Waals surface area contributed by atoms with Gasteiger partial charge in [0.05, 0.1) is 19.1 Å². The number of ether oxygens (including phenoxy) is 2. The Balaban J connectivity index is 1.74. The standard InChI is InChI=1S/C17H18N2O2/c1-11-6-7-12(17(18)19)8-16(11)21-10-13-9-20-15-5-3-2-4-14(13)15/h2-8,13H,9-10H2,1H3,(H3,18,19). The fourth-order valence-electron chi connectivity index (χ4n) is 2.48. The van der Waals surface area contributed by atoms with Gasteiger partial charge in [-0.3, -0.25) is 5.41 Å². The van der Waals surface area contributed by atoms with Crippen molar-refractivity contribution in [2.45, 2.75) is 12.8 Å². The molecular weight excluding hydrogens is 264 g/mol. The Morgan fingerprint density at radius 1 is 1.33 bits per heavy atom. The quantitative estimate of drug-likeness (QED) is 0.669. The molecule has 21 heavy (non-hydrogen) atoms. The van der Waals surface area contributed by atoms with Gasteiger partial charge in [-0.1, -0.05) is 30.3 Å². The maximum absolute atomic E-state index is 7.50. The molecule has 3 N–H and O–H groups in total. The normalized spacial score (nSPS) is 16.1. The fourth-order valence-corrected chi connectivity index (χ4v) is 2.48. The SMILES string of the molecule is Cc1ccc(C(=N)N)cc1OCC1COc2ccccc21. The van der Waals surface area contributed by atoms with Gasteiger partial charge >= 0.3 is 0 Å². The summed E-state index contributed by atoms with van der Waals surface area (Å²) in [5.41, 5.74) is 8.43. The van der Waals surface area contributed by atoms with Gasteiger partial charge in [0.1, 0.15) is 17.3 Å². The van der Waals surface area contributed by atoms with Crippen molar-refractivity contribution in [3.05, 3.63) is 59.2 Å². The molecular formula is C17H18N2O2. The van der Waals surface area contributed by atoms with Crippen LogP contribution in [0.5, 0.6) is 11.5 Å². The second-order valence-corrected chi connectivity index (χ2v) is 5.25. The van der Waals surface area contributed by atoms with Crippen LogP contribution in [0.3, 0.4) is 0 Å². The molecule has 108 valence electrons. The van der Waals surface area contributed by atoms with Gasteiger partial charge in [-0.25, -0.2) is 0 Å². The summed E-state index contributed by atoms with van der Waals surface area (Å²) in [4.78, 5) is 0. The summed E-state index contributed by atoms with van der Waals surface area (Å²) < 4.78 is 11.6. The third kappa shape index (κ3) is 2.70. The van der Waals surface area contributed by atoms with Crippen molar-refractivity contribution in [1.29, 1.82) is 5.41 Å². The Bertz CT molecular complexity index is 682. The average molecular weight is 282 g/mol. The molecule has 3 rings (SSSR count). The molecule has 1 atom stereocenters. The maximum Gasteiger partial charge on any atom is 0.123 e. The second kappa shape index (κ2) is 5.48. The number of nitrogens with two attached hydrogens (primary N) is 1. The van der Waals surface area contributed by atoms with Crippen molar-refractivity contribution in [3.8, 4) is 11.5 Å². The topological polar surface area (TPSA) is 68.3 Å². The first-order valence-electron chi connectivity index (χ1n) is 6.94. The number of fused-ring (bicyclic) bond motifs is 1. The van der Waals surface area contributed by atoms with E-state index >= 15 is 0 Å². The molecule has 1 aliphatic rings. The van der Waals surface area contributed by atoms with Crippen molar-refractivity contribution >= 4 is 5.84 Å². The molecule has 0 amide bonds. The predicted molar refractivity (Wildman–Crippen MR) is 82.4 cm³/mol. The summed E-state index contributed by atoms with van der Waals surface area (Å²) in [7, 11) is 0. The molecule has 0 bridgehead atoms. The summed E-state index contributed by atoms with van der Waals surface area (Å²) in [6, 6.07) is 13.6. The van der Waals surface area contributed by atoms with Crippen LogP contribution >= 0.6 is 0 Å². The Morgan fingerprint density at radius 2 is 2.14 bits per heavy atom. The van der Waals surface area contributed by atoms with Crippen molar-refractivity contribution < 1.29 is 9.47 Å². The summed E-state index contributed by atoms with van der Waals surface area (Å²) >= 11 is 0. The van der Waals surface area contributed by atoms with Crippen LogP contribution in [0.1, 0.15) is 22.6 Å². The summed E-state index contributed by atoms with van der Waals surface area (Å²) in [5, 5.41) is 7.50. The van der Waals surface area contributed by atoms with Gasteiger partial charge in [-0.05, 0) is 24.6 Å². The molecule has 0 saturated heterocycles. The summed E-state index contributed by atoms with van der Waals surface area (Å²) in [5.74, 6) is 2.00. The molecule has 0 spiro atoms. The van der Waals surface area contributed by atoms with Gasteiger partial charge in [0.25, 0.3) is 0 Å². The first-order chi connectivity index (χ1) is 10.1. The third-order valence-electron chi connectivity index (χ3n) is 3.74. The van der Waals surface area contributed by atoms with Crippen LogP contribution in [0.15, 0.2) is 42.5 Å². The Kier molecular flexibility index (Phi) is 3.52. The van der Waals surface area contributed by atoms with E-state index in [0.717, 1.165) is 17.1 Å². The van der Waals surface area contributed by atoms with Gasteiger partial charge in [0.15, 0.2) is 0 Å². The van der Waals surface area contributed by atoms with Crippen molar-refractivity contribution in [2.75, 3.05) is 13.2 Å². The molecule has 1 unspecified atom stereocenters. The van der Waals surface area contributed by atoms with Crippen LogP contribution in [-0.4, -0.2) is 19.0 Å². The van der Waals surface area contributed by atoms with E-state index in [9.17, 15) is 0 Å². The van der Waals surface area contributed by atoms with Crippen LogP contribution in [-0.2, 0) is 0 Å². The van der Waals surface area contributed by atoms with E-state index in [-0.39, 0.29) is 11.8 Å². The molecule has 0 aliphatic carbocycles. The highest BCUT2D eigenvalue weighted by Crippen LogP contribution is 2.34. The zero-order valence-electron chi connectivity index (χ0n) is 11.9. The third-order valence-corrected chi connectivity index (χ3v) is 3.74. The average Bonchev–Trinajstić information content (AvgIpc) is 2.89. The zero-order valence-corrected chi connectivity index (χ0v) is 11.9. The molecule has 0 radical (unpaired) electrons. The molecule has 4 nitrogen and oxygen atoms in total. The number of rotatable bonds is 4. The van der Waals surface area contributed by atoms with E-state index in [1.807, 2.05) is 43.3 Å². The lowest BCUT2D eigenvalue weighted by molar-refractivity contribution is 0.247. The van der Waals surface area contributed by atoms with E-state index in [1.165, 1.54) is 5.56 Å². The van der Waals surface area contributed by atoms with E-state index < -0.39 is 0 Å². The number of nitrogen functional groups attached to an aromatic ring is 1. The number of aryl methyl sites for hydroxylation is 1. The molecule has 2 aromatic carbocycles. The minimum absolute atomic E-state index is 0.0504. The smallest absolute Gasteiger partial charge is 0.123 e. The highest BCUT2D eigenvalue weighted by Gasteiger charge is 2.24. The molecule has 2 aromatic rings. The summed E-state index contributed by atoms with van der Waals surface area (Å²) in [6.45, 7) is 3.18. The first kappa shape index (κ1) is 13.5. The van der Waals surface area contributed by atoms with Gasteiger partial charge in [-0.15, -0.1) is 0 Å². The monoisotopic (exact) mass is 282 g/mol. The molecule has 0 aromatic heterocycles. The van der Waals surface area contributed by atoms with Crippen LogP contribution in [0, 0.1) is 12.3 Å². The van der Waals surface area contributed by atoms with Crippen molar-refractivity contribution in [3.63, 3.8) is 0 Å². The van der Waals surface area contributed by atoms with E-state index in [1.54, 1.807) is 0 Å².